The largest absolute Gasteiger partial charge is 0.279 e. The average Bonchev–Trinajstić information content (AvgIpc) is 2.16. The quantitative estimate of drug-likeness (QED) is 0.703. The van der Waals surface area contributed by atoms with Crippen molar-refractivity contribution >= 4 is 20.2 Å². The lowest BCUT2D eigenvalue weighted by Crippen LogP contribution is -2.48. The molecule has 0 aromatic rings. The molecule has 1 aliphatic rings. The number of nitrogens with one attached hydrogen (secondary N) is 1. The molecule has 0 amide bonds. The number of hydrogen-bond acceptors (Lipinski definition) is 4. The van der Waals surface area contributed by atoms with Crippen LogP contribution in [0.15, 0.2) is 0 Å². The van der Waals surface area contributed by atoms with Gasteiger partial charge in [0.05, 0.1) is 6.26 Å². The van der Waals surface area contributed by atoms with E-state index in [-0.39, 0.29) is 6.04 Å². The van der Waals surface area contributed by atoms with Gasteiger partial charge in [-0.15, -0.1) is 0 Å². The summed E-state index contributed by atoms with van der Waals surface area (Å²) in [5.41, 5.74) is 0. The maximum atomic E-state index is 11.6. The zero-order chi connectivity index (χ0) is 13.3. The molecule has 1 fully saturated rings. The van der Waals surface area contributed by atoms with Crippen molar-refractivity contribution in [3.63, 3.8) is 0 Å². The lowest BCUT2D eigenvalue weighted by molar-refractivity contribution is 0.307. The van der Waals surface area contributed by atoms with E-state index in [0.717, 1.165) is 10.6 Å². The van der Waals surface area contributed by atoms with E-state index >= 15 is 0 Å². The van der Waals surface area contributed by atoms with Gasteiger partial charge < -0.3 is 0 Å². The van der Waals surface area contributed by atoms with Crippen molar-refractivity contribution in [2.24, 2.45) is 0 Å². The third kappa shape index (κ3) is 4.18. The normalized spacial score (nSPS) is 20.9. The molecule has 0 radical (unpaired) electrons. The number of rotatable bonds is 4. The van der Waals surface area contributed by atoms with E-state index in [2.05, 4.69) is 4.72 Å². The Labute approximate surface area is 103 Å². The molecule has 0 aromatic heterocycles. The number of piperidine rings is 1. The van der Waals surface area contributed by atoms with Crippen LogP contribution in [0.3, 0.4) is 0 Å². The van der Waals surface area contributed by atoms with Crippen molar-refractivity contribution in [2.75, 3.05) is 33.4 Å². The van der Waals surface area contributed by atoms with Crippen molar-refractivity contribution in [1.29, 1.82) is 0 Å². The molecule has 0 aliphatic carbocycles. The summed E-state index contributed by atoms with van der Waals surface area (Å²) in [5.74, 6) is 0. The molecule has 0 atom stereocenters. The van der Waals surface area contributed by atoms with Gasteiger partial charge >= 0.3 is 0 Å². The van der Waals surface area contributed by atoms with E-state index in [9.17, 15) is 16.8 Å². The summed E-state index contributed by atoms with van der Waals surface area (Å²) in [4.78, 5) is 0. The van der Waals surface area contributed by atoms with Crippen molar-refractivity contribution < 1.29 is 16.8 Å². The molecule has 9 heteroatoms. The lowest BCUT2D eigenvalue weighted by atomic mass is 10.1. The fourth-order valence-corrected chi connectivity index (χ4v) is 3.36. The molecule has 17 heavy (non-hydrogen) atoms. The Morgan fingerprint density at radius 3 is 1.94 bits per heavy atom. The van der Waals surface area contributed by atoms with Crippen LogP contribution >= 0.6 is 0 Å². The molecule has 1 heterocycles. The Bertz CT molecular complexity index is 449. The summed E-state index contributed by atoms with van der Waals surface area (Å²) >= 11 is 0. The van der Waals surface area contributed by atoms with Gasteiger partial charge in [-0.3, -0.25) is 0 Å². The van der Waals surface area contributed by atoms with Crippen molar-refractivity contribution in [2.45, 2.75) is 18.9 Å². The fourth-order valence-electron chi connectivity index (χ4n) is 1.62. The first kappa shape index (κ1) is 14.8. The topological polar surface area (TPSA) is 86.8 Å². The summed E-state index contributed by atoms with van der Waals surface area (Å²) in [7, 11) is -3.69. The van der Waals surface area contributed by atoms with Crippen LogP contribution in [0.25, 0.3) is 0 Å². The van der Waals surface area contributed by atoms with E-state index in [4.69, 9.17) is 0 Å². The van der Waals surface area contributed by atoms with Crippen LogP contribution in [0.5, 0.6) is 0 Å². The van der Waals surface area contributed by atoms with Gasteiger partial charge in [0.1, 0.15) is 0 Å². The van der Waals surface area contributed by atoms with Crippen molar-refractivity contribution in [3.8, 4) is 0 Å². The van der Waals surface area contributed by atoms with Gasteiger partial charge in [-0.2, -0.15) is 17.4 Å². The molecule has 0 spiro atoms. The summed E-state index contributed by atoms with van der Waals surface area (Å²) in [6.07, 6.45) is 2.16. The van der Waals surface area contributed by atoms with E-state index in [0.29, 0.717) is 25.9 Å². The highest BCUT2D eigenvalue weighted by Gasteiger charge is 2.27. The van der Waals surface area contributed by atoms with Gasteiger partial charge in [-0.1, -0.05) is 0 Å². The zero-order valence-electron chi connectivity index (χ0n) is 10.2. The van der Waals surface area contributed by atoms with Crippen LogP contribution in [0.1, 0.15) is 12.8 Å². The molecular formula is C8H19N3O4S2. The Hall–Kier alpha value is -0.220. The fraction of sp³-hybridized carbons (Fsp3) is 1.00. The molecule has 0 aromatic carbocycles. The highest BCUT2D eigenvalue weighted by atomic mass is 32.2. The van der Waals surface area contributed by atoms with E-state index in [1.807, 2.05) is 0 Å². The van der Waals surface area contributed by atoms with E-state index in [1.165, 1.54) is 18.4 Å². The smallest absolute Gasteiger partial charge is 0.213 e. The minimum atomic E-state index is -3.44. The molecule has 0 saturated carbocycles. The van der Waals surface area contributed by atoms with Crippen molar-refractivity contribution in [1.82, 2.24) is 13.3 Å². The highest BCUT2D eigenvalue weighted by molar-refractivity contribution is 7.88. The summed E-state index contributed by atoms with van der Waals surface area (Å²) in [5, 5.41) is 0. The van der Waals surface area contributed by atoms with Gasteiger partial charge in [0.15, 0.2) is 0 Å². The van der Waals surface area contributed by atoms with E-state index < -0.39 is 20.2 Å². The number of hydrogen-bond donors (Lipinski definition) is 1. The SMILES string of the molecule is CN(C)S(=O)(=O)NC1CCN(S(C)(=O)=O)CC1. The van der Waals surface area contributed by atoms with Gasteiger partial charge in [0.2, 0.25) is 10.0 Å². The number of nitrogens with zero attached hydrogens (tertiary/aromatic N) is 2. The van der Waals surface area contributed by atoms with Gasteiger partial charge in [-0.25, -0.2) is 12.7 Å². The van der Waals surface area contributed by atoms with Crippen LogP contribution in [-0.4, -0.2) is 64.9 Å². The number of sulfonamides is 1. The summed E-state index contributed by atoms with van der Waals surface area (Å²) in [6, 6.07) is -0.194. The average molecular weight is 285 g/mol. The van der Waals surface area contributed by atoms with Crippen LogP contribution < -0.4 is 4.72 Å². The third-order valence-electron chi connectivity index (χ3n) is 2.72. The maximum absolute atomic E-state index is 11.6. The highest BCUT2D eigenvalue weighted by Crippen LogP contribution is 2.14. The maximum Gasteiger partial charge on any atom is 0.279 e. The first-order chi connectivity index (χ1) is 7.63. The second kappa shape index (κ2) is 5.19. The molecule has 7 nitrogen and oxygen atoms in total. The predicted molar refractivity (Wildman–Crippen MR) is 65.2 cm³/mol. The first-order valence-corrected chi connectivity index (χ1v) is 8.56. The minimum Gasteiger partial charge on any atom is -0.213 e. The first-order valence-electron chi connectivity index (χ1n) is 5.28. The molecule has 102 valence electrons. The Balaban J connectivity index is 2.55. The monoisotopic (exact) mass is 285 g/mol. The molecule has 1 saturated heterocycles. The van der Waals surface area contributed by atoms with Gasteiger partial charge in [0.25, 0.3) is 10.2 Å². The third-order valence-corrected chi connectivity index (χ3v) is 5.62. The molecular weight excluding hydrogens is 266 g/mol. The Morgan fingerprint density at radius 1 is 1.12 bits per heavy atom. The van der Waals surface area contributed by atoms with E-state index in [1.54, 1.807) is 0 Å². The van der Waals surface area contributed by atoms with Crippen LogP contribution in [-0.2, 0) is 20.2 Å². The van der Waals surface area contributed by atoms with Crippen LogP contribution in [0.4, 0.5) is 0 Å². The lowest BCUT2D eigenvalue weighted by Gasteiger charge is -2.31. The van der Waals surface area contributed by atoms with Crippen LogP contribution in [0.2, 0.25) is 0 Å². The molecule has 1 aliphatic heterocycles. The molecule has 1 N–H and O–H groups in total. The van der Waals surface area contributed by atoms with Crippen molar-refractivity contribution in [3.05, 3.63) is 0 Å². The van der Waals surface area contributed by atoms with Gasteiger partial charge in [0, 0.05) is 33.2 Å². The molecule has 0 bridgehead atoms. The second-order valence-corrected chi connectivity index (χ2v) is 8.24. The second-order valence-electron chi connectivity index (χ2n) is 4.34. The molecule has 1 rings (SSSR count). The standard InChI is InChI=1S/C8H19N3O4S2/c1-10(2)17(14,15)9-8-4-6-11(7-5-8)16(3,12)13/h8-9H,4-7H2,1-3H3. The zero-order valence-corrected chi connectivity index (χ0v) is 11.9. The summed E-state index contributed by atoms with van der Waals surface area (Å²) < 4.78 is 50.7. The minimum absolute atomic E-state index is 0.194. The Kier molecular flexibility index (Phi) is 4.53. The molecule has 0 unspecified atom stereocenters. The Morgan fingerprint density at radius 2 is 1.59 bits per heavy atom. The summed E-state index contributed by atoms with van der Waals surface area (Å²) in [6.45, 7) is 0.721. The predicted octanol–water partition coefficient (Wildman–Crippen LogP) is -1.19. The van der Waals surface area contributed by atoms with Crippen LogP contribution in [0, 0.1) is 0 Å². The van der Waals surface area contributed by atoms with Gasteiger partial charge in [-0.05, 0) is 12.8 Å².